The van der Waals surface area contributed by atoms with Crippen LogP contribution in [0.2, 0.25) is 0 Å². The van der Waals surface area contributed by atoms with E-state index in [0.717, 1.165) is 37.7 Å². The molecule has 0 aliphatic heterocycles. The number of carbonyl (C=O) groups excluding carboxylic acids is 2. The number of anilines is 1. The molecule has 0 radical (unpaired) electrons. The van der Waals surface area contributed by atoms with Crippen molar-refractivity contribution in [1.82, 2.24) is 15.1 Å². The predicted octanol–water partition coefficient (Wildman–Crippen LogP) is 3.99. The molecule has 10 heteroatoms. The number of hydrogen-bond donors (Lipinski definition) is 1. The first-order valence-corrected chi connectivity index (χ1v) is 12.0. The minimum atomic E-state index is -0.192. The number of aromatic nitrogens is 2. The summed E-state index contributed by atoms with van der Waals surface area (Å²) < 4.78 is 16.1. The highest BCUT2D eigenvalue weighted by atomic mass is 32.1. The number of methoxy groups -OCH3 is 3. The van der Waals surface area contributed by atoms with E-state index >= 15 is 0 Å². The van der Waals surface area contributed by atoms with E-state index in [1.54, 1.807) is 33.5 Å². The first-order chi connectivity index (χ1) is 16.0. The fourth-order valence-corrected chi connectivity index (χ4v) is 4.79. The van der Waals surface area contributed by atoms with Crippen molar-refractivity contribution < 1.29 is 23.8 Å². The van der Waals surface area contributed by atoms with E-state index in [9.17, 15) is 9.59 Å². The van der Waals surface area contributed by atoms with Gasteiger partial charge in [-0.05, 0) is 31.4 Å². The van der Waals surface area contributed by atoms with Gasteiger partial charge in [0.15, 0.2) is 11.5 Å². The molecule has 1 heterocycles. The van der Waals surface area contributed by atoms with E-state index < -0.39 is 0 Å². The zero-order chi connectivity index (χ0) is 23.8. The molecule has 1 aromatic heterocycles. The van der Waals surface area contributed by atoms with Gasteiger partial charge in [0.25, 0.3) is 0 Å². The molecule has 1 aliphatic rings. The number of rotatable bonds is 11. The summed E-state index contributed by atoms with van der Waals surface area (Å²) in [5.41, 5.74) is 0.735. The zero-order valence-corrected chi connectivity index (χ0v) is 20.5. The van der Waals surface area contributed by atoms with Crippen LogP contribution in [-0.2, 0) is 9.59 Å². The maximum absolute atomic E-state index is 12.8. The van der Waals surface area contributed by atoms with Gasteiger partial charge in [-0.3, -0.25) is 9.59 Å². The lowest BCUT2D eigenvalue weighted by molar-refractivity contribution is -0.135. The quantitative estimate of drug-likeness (QED) is 0.523. The van der Waals surface area contributed by atoms with Crippen molar-refractivity contribution in [1.29, 1.82) is 0 Å². The van der Waals surface area contributed by atoms with Crippen molar-refractivity contribution in [3.05, 3.63) is 12.1 Å². The Kier molecular flexibility index (Phi) is 8.87. The van der Waals surface area contributed by atoms with Gasteiger partial charge in [0.2, 0.25) is 22.7 Å². The Morgan fingerprint density at radius 3 is 2.30 bits per heavy atom. The molecule has 3 rings (SSSR count). The molecule has 0 bridgehead atoms. The third kappa shape index (κ3) is 6.13. The first-order valence-electron chi connectivity index (χ1n) is 11.2. The third-order valence-corrected chi connectivity index (χ3v) is 6.59. The van der Waals surface area contributed by atoms with Crippen molar-refractivity contribution in [3.8, 4) is 27.8 Å². The summed E-state index contributed by atoms with van der Waals surface area (Å²) in [6.45, 7) is 3.13. The Bertz CT molecular complexity index is 933. The predicted molar refractivity (Wildman–Crippen MR) is 127 cm³/mol. The highest BCUT2D eigenvalue weighted by molar-refractivity contribution is 7.18. The molecule has 0 spiro atoms. The first kappa shape index (κ1) is 24.8. The summed E-state index contributed by atoms with van der Waals surface area (Å²) in [5.74, 6) is 1.62. The largest absolute Gasteiger partial charge is 0.493 e. The maximum atomic E-state index is 12.8. The molecular formula is C23H32N4O5S. The monoisotopic (exact) mass is 476 g/mol. The average molecular weight is 477 g/mol. The molecule has 2 amide bonds. The summed E-state index contributed by atoms with van der Waals surface area (Å²) >= 11 is 1.25. The van der Waals surface area contributed by atoms with Crippen LogP contribution in [0, 0.1) is 5.92 Å². The molecule has 1 N–H and O–H groups in total. The molecule has 180 valence electrons. The molecule has 0 unspecified atom stereocenters. The van der Waals surface area contributed by atoms with Gasteiger partial charge in [-0.1, -0.05) is 31.1 Å². The molecule has 9 nitrogen and oxygen atoms in total. The third-order valence-electron chi connectivity index (χ3n) is 5.70. The molecule has 33 heavy (non-hydrogen) atoms. The Morgan fingerprint density at radius 2 is 1.73 bits per heavy atom. The lowest BCUT2D eigenvalue weighted by Crippen LogP contribution is -2.38. The van der Waals surface area contributed by atoms with Crippen molar-refractivity contribution in [2.75, 3.05) is 39.7 Å². The second-order valence-corrected chi connectivity index (χ2v) is 8.91. The summed E-state index contributed by atoms with van der Waals surface area (Å²) in [6, 6.07) is 3.56. The van der Waals surface area contributed by atoms with Crippen LogP contribution in [-0.4, -0.2) is 61.3 Å². The summed E-state index contributed by atoms with van der Waals surface area (Å²) in [5, 5.41) is 12.1. The summed E-state index contributed by atoms with van der Waals surface area (Å²) in [6.07, 6.45) is 5.23. The van der Waals surface area contributed by atoms with Crippen LogP contribution in [0.1, 0.15) is 45.4 Å². The number of nitrogens with one attached hydrogen (secondary N) is 1. The number of nitrogens with zero attached hydrogens (tertiary/aromatic N) is 3. The molecule has 1 aliphatic carbocycles. The Labute approximate surface area is 198 Å². The number of carbonyl (C=O) groups is 2. The minimum absolute atomic E-state index is 0.115. The molecule has 1 aromatic carbocycles. The van der Waals surface area contributed by atoms with Crippen LogP contribution in [0.3, 0.4) is 0 Å². The van der Waals surface area contributed by atoms with Crippen LogP contribution >= 0.6 is 11.3 Å². The number of amides is 2. The van der Waals surface area contributed by atoms with Crippen molar-refractivity contribution >= 4 is 28.3 Å². The van der Waals surface area contributed by atoms with E-state index in [0.29, 0.717) is 40.5 Å². The summed E-state index contributed by atoms with van der Waals surface area (Å²) in [4.78, 5) is 27.1. The maximum Gasteiger partial charge on any atom is 0.227 e. The smallest absolute Gasteiger partial charge is 0.227 e. The number of ether oxygens (including phenoxy) is 3. The van der Waals surface area contributed by atoms with Crippen LogP contribution < -0.4 is 19.5 Å². The van der Waals surface area contributed by atoms with Crippen molar-refractivity contribution in [2.45, 2.75) is 45.4 Å². The second kappa shape index (κ2) is 11.8. The molecule has 1 saturated carbocycles. The Hall–Kier alpha value is -2.88. The molecule has 2 aromatic rings. The minimum Gasteiger partial charge on any atom is -0.493 e. The number of benzene rings is 1. The number of hydrogen-bond acceptors (Lipinski definition) is 8. The SMILES string of the molecule is CCCN(CCC(=O)Nc1nnc(-c2cc(OC)c(OC)c(OC)c2)s1)C(=O)C1CCCC1. The van der Waals surface area contributed by atoms with Gasteiger partial charge in [-0.25, -0.2) is 0 Å². The van der Waals surface area contributed by atoms with Crippen LogP contribution in [0.5, 0.6) is 17.2 Å². The average Bonchev–Trinajstić information content (AvgIpc) is 3.53. The molecular weight excluding hydrogens is 444 g/mol. The van der Waals surface area contributed by atoms with Gasteiger partial charge in [-0.2, -0.15) is 0 Å². The molecule has 0 atom stereocenters. The normalized spacial score (nSPS) is 13.6. The van der Waals surface area contributed by atoms with Crippen LogP contribution in [0.4, 0.5) is 5.13 Å². The molecule has 0 saturated heterocycles. The van der Waals surface area contributed by atoms with E-state index in [4.69, 9.17) is 14.2 Å². The summed E-state index contributed by atoms with van der Waals surface area (Å²) in [7, 11) is 4.64. The van der Waals surface area contributed by atoms with Gasteiger partial charge in [0.1, 0.15) is 5.01 Å². The Balaban J connectivity index is 1.63. The fourth-order valence-electron chi connectivity index (χ4n) is 4.05. The zero-order valence-electron chi connectivity index (χ0n) is 19.7. The fraction of sp³-hybridized carbons (Fsp3) is 0.565. The van der Waals surface area contributed by atoms with E-state index in [2.05, 4.69) is 15.5 Å². The van der Waals surface area contributed by atoms with E-state index in [1.165, 1.54) is 11.3 Å². The van der Waals surface area contributed by atoms with Crippen molar-refractivity contribution in [2.24, 2.45) is 5.92 Å². The highest BCUT2D eigenvalue weighted by Gasteiger charge is 2.27. The lowest BCUT2D eigenvalue weighted by atomic mass is 10.1. The Morgan fingerprint density at radius 1 is 1.06 bits per heavy atom. The highest BCUT2D eigenvalue weighted by Crippen LogP contribution is 2.42. The van der Waals surface area contributed by atoms with Crippen LogP contribution in [0.25, 0.3) is 10.6 Å². The van der Waals surface area contributed by atoms with Crippen molar-refractivity contribution in [3.63, 3.8) is 0 Å². The van der Waals surface area contributed by atoms with Gasteiger partial charge < -0.3 is 24.4 Å². The van der Waals surface area contributed by atoms with Gasteiger partial charge in [-0.15, -0.1) is 10.2 Å². The van der Waals surface area contributed by atoms with Gasteiger partial charge >= 0.3 is 0 Å². The standard InChI is InChI=1S/C23H32N4O5S/c1-5-11-27(22(29)15-8-6-7-9-15)12-10-19(28)24-23-26-25-21(33-23)16-13-17(30-2)20(32-4)18(14-16)31-3/h13-15H,5-12H2,1-4H3,(H,24,26,28). The second-order valence-electron chi connectivity index (χ2n) is 7.93. The van der Waals surface area contributed by atoms with Gasteiger partial charge in [0, 0.05) is 31.0 Å². The lowest BCUT2D eigenvalue weighted by Gasteiger charge is -2.25. The topological polar surface area (TPSA) is 103 Å². The molecule has 1 fully saturated rings. The van der Waals surface area contributed by atoms with E-state index in [-0.39, 0.29) is 24.2 Å². The van der Waals surface area contributed by atoms with Gasteiger partial charge in [0.05, 0.1) is 21.3 Å². The van der Waals surface area contributed by atoms with E-state index in [1.807, 2.05) is 11.8 Å². The van der Waals surface area contributed by atoms with Crippen LogP contribution in [0.15, 0.2) is 12.1 Å².